The molecule has 2 aromatic carbocycles. The maximum Gasteiger partial charge on any atom is 0.273 e. The van der Waals surface area contributed by atoms with Gasteiger partial charge in [-0.15, -0.1) is 0 Å². The number of nitrogens with zero attached hydrogens (tertiary/aromatic N) is 2. The van der Waals surface area contributed by atoms with E-state index in [0.29, 0.717) is 17.9 Å². The van der Waals surface area contributed by atoms with Gasteiger partial charge in [-0.3, -0.25) is 14.9 Å². The number of rotatable bonds is 7. The van der Waals surface area contributed by atoms with E-state index in [1.165, 1.54) is 12.3 Å². The molecular weight excluding hydrogens is 310 g/mol. The van der Waals surface area contributed by atoms with Gasteiger partial charge in [-0.2, -0.15) is 5.10 Å². The molecule has 0 unspecified atom stereocenters. The molecule has 124 valence electrons. The minimum atomic E-state index is -0.510. The summed E-state index contributed by atoms with van der Waals surface area (Å²) in [5, 5.41) is 14.8. The van der Waals surface area contributed by atoms with E-state index in [9.17, 15) is 14.9 Å². The maximum atomic E-state index is 11.9. The van der Waals surface area contributed by atoms with Crippen LogP contribution in [0.2, 0.25) is 0 Å². The molecule has 0 aliphatic heterocycles. The van der Waals surface area contributed by atoms with Gasteiger partial charge in [-0.1, -0.05) is 30.3 Å². The monoisotopic (exact) mass is 327 g/mol. The van der Waals surface area contributed by atoms with Crippen molar-refractivity contribution in [3.05, 3.63) is 69.8 Å². The van der Waals surface area contributed by atoms with Crippen LogP contribution in [0.15, 0.2) is 53.6 Å². The Morgan fingerprint density at radius 1 is 1.25 bits per heavy atom. The first kappa shape index (κ1) is 17.1. The molecule has 0 radical (unpaired) electrons. The Balaban J connectivity index is 2.00. The minimum Gasteiger partial charge on any atom is -0.493 e. The number of nitro benzene ring substituents is 1. The Bertz CT molecular complexity index is 759. The summed E-state index contributed by atoms with van der Waals surface area (Å²) in [6.45, 7) is 2.40. The Kier molecular flexibility index (Phi) is 6.01. The highest BCUT2D eigenvalue weighted by Gasteiger charge is 2.15. The number of amides is 1. The zero-order valence-corrected chi connectivity index (χ0v) is 13.1. The number of nitrogens with one attached hydrogen (secondary N) is 1. The number of hydrogen-bond donors (Lipinski definition) is 1. The maximum absolute atomic E-state index is 11.9. The van der Waals surface area contributed by atoms with Gasteiger partial charge in [0.25, 0.3) is 5.69 Å². The van der Waals surface area contributed by atoms with Crippen LogP contribution >= 0.6 is 0 Å². The Hall–Kier alpha value is -3.22. The lowest BCUT2D eigenvalue weighted by molar-refractivity contribution is -0.385. The molecule has 1 N–H and O–H groups in total. The van der Waals surface area contributed by atoms with Crippen molar-refractivity contribution in [2.45, 2.75) is 13.3 Å². The standard InChI is InChI=1S/C17H17N3O4/c1-2-24-16-10-6-4-8-14(16)12-18-19-17(21)11-13-7-3-5-9-15(13)20(22)23/h3-10,12H,2,11H2,1H3,(H,19,21). The summed E-state index contributed by atoms with van der Waals surface area (Å²) in [5.41, 5.74) is 3.35. The third kappa shape index (κ3) is 4.64. The lowest BCUT2D eigenvalue weighted by atomic mass is 10.1. The molecule has 0 saturated carbocycles. The van der Waals surface area contributed by atoms with Crippen molar-refractivity contribution in [3.8, 4) is 5.75 Å². The molecule has 0 fully saturated rings. The van der Waals surface area contributed by atoms with Gasteiger partial charge in [0.1, 0.15) is 5.75 Å². The lowest BCUT2D eigenvalue weighted by Gasteiger charge is -2.06. The normalized spacial score (nSPS) is 10.5. The fraction of sp³-hybridized carbons (Fsp3) is 0.176. The molecular formula is C17H17N3O4. The van der Waals surface area contributed by atoms with Crippen LogP contribution in [-0.2, 0) is 11.2 Å². The minimum absolute atomic E-state index is 0.0849. The van der Waals surface area contributed by atoms with Crippen molar-refractivity contribution >= 4 is 17.8 Å². The van der Waals surface area contributed by atoms with Gasteiger partial charge in [-0.05, 0) is 19.1 Å². The van der Waals surface area contributed by atoms with E-state index >= 15 is 0 Å². The molecule has 0 heterocycles. The Morgan fingerprint density at radius 3 is 2.71 bits per heavy atom. The highest BCUT2D eigenvalue weighted by molar-refractivity contribution is 5.85. The van der Waals surface area contributed by atoms with Gasteiger partial charge >= 0.3 is 0 Å². The smallest absolute Gasteiger partial charge is 0.273 e. The van der Waals surface area contributed by atoms with Gasteiger partial charge in [0, 0.05) is 17.2 Å². The second-order valence-electron chi connectivity index (χ2n) is 4.83. The number of benzene rings is 2. The van der Waals surface area contributed by atoms with Crippen LogP contribution in [0.3, 0.4) is 0 Å². The quantitative estimate of drug-likeness (QED) is 0.480. The number of ether oxygens (including phenoxy) is 1. The Morgan fingerprint density at radius 2 is 1.96 bits per heavy atom. The number of nitro groups is 1. The van der Waals surface area contributed by atoms with E-state index in [1.807, 2.05) is 25.1 Å². The highest BCUT2D eigenvalue weighted by atomic mass is 16.6. The van der Waals surface area contributed by atoms with Crippen molar-refractivity contribution < 1.29 is 14.5 Å². The van der Waals surface area contributed by atoms with E-state index < -0.39 is 10.8 Å². The molecule has 7 nitrogen and oxygen atoms in total. The highest BCUT2D eigenvalue weighted by Crippen LogP contribution is 2.18. The predicted molar refractivity (Wildman–Crippen MR) is 90.1 cm³/mol. The van der Waals surface area contributed by atoms with Crippen molar-refractivity contribution in [1.82, 2.24) is 5.43 Å². The molecule has 0 aliphatic rings. The molecule has 0 spiro atoms. The number of carbonyl (C=O) groups is 1. The zero-order chi connectivity index (χ0) is 17.4. The summed E-state index contributed by atoms with van der Waals surface area (Å²) in [6, 6.07) is 13.4. The second kappa shape index (κ2) is 8.42. The molecule has 0 saturated heterocycles. The molecule has 7 heteroatoms. The largest absolute Gasteiger partial charge is 0.493 e. The fourth-order valence-corrected chi connectivity index (χ4v) is 2.10. The number of hydrogen-bond acceptors (Lipinski definition) is 5. The van der Waals surface area contributed by atoms with Crippen molar-refractivity contribution in [2.75, 3.05) is 6.61 Å². The van der Waals surface area contributed by atoms with E-state index in [0.717, 1.165) is 5.56 Å². The molecule has 2 rings (SSSR count). The fourth-order valence-electron chi connectivity index (χ4n) is 2.10. The summed E-state index contributed by atoms with van der Waals surface area (Å²) in [6.07, 6.45) is 1.35. The SMILES string of the molecule is CCOc1ccccc1C=NNC(=O)Cc1ccccc1[N+](=O)[O-]. The summed E-state index contributed by atoms with van der Waals surface area (Å²) >= 11 is 0. The number of para-hydroxylation sites is 2. The molecule has 0 bridgehead atoms. The van der Waals surface area contributed by atoms with Gasteiger partial charge in [0.05, 0.1) is 24.2 Å². The van der Waals surface area contributed by atoms with Crippen LogP contribution in [0, 0.1) is 10.1 Å². The molecule has 0 aromatic heterocycles. The predicted octanol–water partition coefficient (Wildman–Crippen LogP) is 2.69. The number of hydrazone groups is 1. The second-order valence-corrected chi connectivity index (χ2v) is 4.83. The van der Waals surface area contributed by atoms with Crippen LogP contribution in [0.5, 0.6) is 5.75 Å². The topological polar surface area (TPSA) is 93.8 Å². The van der Waals surface area contributed by atoms with Crippen LogP contribution in [0.25, 0.3) is 0 Å². The summed E-state index contributed by atoms with van der Waals surface area (Å²) in [4.78, 5) is 22.3. The van der Waals surface area contributed by atoms with E-state index in [2.05, 4.69) is 10.5 Å². The first-order valence-electron chi connectivity index (χ1n) is 7.38. The molecule has 1 amide bonds. The summed E-state index contributed by atoms with van der Waals surface area (Å²) in [7, 11) is 0. The number of carbonyl (C=O) groups excluding carboxylic acids is 1. The zero-order valence-electron chi connectivity index (χ0n) is 13.1. The first-order chi connectivity index (χ1) is 11.6. The van der Waals surface area contributed by atoms with E-state index in [-0.39, 0.29) is 12.1 Å². The van der Waals surface area contributed by atoms with Gasteiger partial charge in [0.15, 0.2) is 0 Å². The van der Waals surface area contributed by atoms with Gasteiger partial charge in [0.2, 0.25) is 5.91 Å². The summed E-state index contributed by atoms with van der Waals surface area (Å²) in [5.74, 6) is 0.228. The van der Waals surface area contributed by atoms with E-state index in [1.54, 1.807) is 24.3 Å². The van der Waals surface area contributed by atoms with Gasteiger partial charge < -0.3 is 4.74 Å². The van der Waals surface area contributed by atoms with E-state index in [4.69, 9.17) is 4.74 Å². The molecule has 0 atom stereocenters. The van der Waals surface area contributed by atoms with Crippen molar-refractivity contribution in [2.24, 2.45) is 5.10 Å². The van der Waals surface area contributed by atoms with Crippen LogP contribution in [0.1, 0.15) is 18.1 Å². The molecule has 24 heavy (non-hydrogen) atoms. The third-order valence-corrected chi connectivity index (χ3v) is 3.15. The lowest BCUT2D eigenvalue weighted by Crippen LogP contribution is -2.20. The average Bonchev–Trinajstić information content (AvgIpc) is 2.57. The van der Waals surface area contributed by atoms with Gasteiger partial charge in [-0.25, -0.2) is 5.43 Å². The third-order valence-electron chi connectivity index (χ3n) is 3.15. The molecule has 2 aromatic rings. The molecule has 0 aliphatic carbocycles. The average molecular weight is 327 g/mol. The first-order valence-corrected chi connectivity index (χ1v) is 7.38. The van der Waals surface area contributed by atoms with Crippen LogP contribution in [-0.4, -0.2) is 23.7 Å². The van der Waals surface area contributed by atoms with Crippen LogP contribution < -0.4 is 10.2 Å². The van der Waals surface area contributed by atoms with Crippen LogP contribution in [0.4, 0.5) is 5.69 Å². The summed E-state index contributed by atoms with van der Waals surface area (Å²) < 4.78 is 5.45. The van der Waals surface area contributed by atoms with Crippen molar-refractivity contribution in [3.63, 3.8) is 0 Å². The van der Waals surface area contributed by atoms with Crippen molar-refractivity contribution in [1.29, 1.82) is 0 Å². The Labute approximate surface area is 139 Å².